The van der Waals surface area contributed by atoms with Gasteiger partial charge in [0, 0.05) is 17.2 Å². The maximum Gasteiger partial charge on any atom is 0.223 e. The summed E-state index contributed by atoms with van der Waals surface area (Å²) in [6, 6.07) is 0. The second kappa shape index (κ2) is 6.67. The second-order valence-corrected chi connectivity index (χ2v) is 7.79. The summed E-state index contributed by atoms with van der Waals surface area (Å²) in [5.41, 5.74) is -0.0176. The molecule has 0 spiro atoms. The Morgan fingerprint density at radius 2 is 1.76 bits per heavy atom. The predicted molar refractivity (Wildman–Crippen MR) is 78.5 cm³/mol. The molecule has 0 heterocycles. The Labute approximate surface area is 112 Å². The van der Waals surface area contributed by atoms with Crippen molar-refractivity contribution < 1.29 is 4.79 Å². The predicted octanol–water partition coefficient (Wildman–Crippen LogP) is 3.66. The first-order valence-corrected chi connectivity index (χ1v) is 7.02. The lowest BCUT2D eigenvalue weighted by Crippen LogP contribution is -2.41. The molecule has 0 aromatic rings. The van der Waals surface area contributed by atoms with E-state index >= 15 is 0 Å². The monoisotopic (exact) mass is 259 g/mol. The lowest BCUT2D eigenvalue weighted by Gasteiger charge is -2.34. The smallest absolute Gasteiger partial charge is 0.223 e. The van der Waals surface area contributed by atoms with Gasteiger partial charge in [-0.25, -0.2) is 0 Å². The number of thiol groups is 1. The van der Waals surface area contributed by atoms with Crippen molar-refractivity contribution in [2.45, 2.75) is 65.6 Å². The van der Waals surface area contributed by atoms with E-state index in [4.69, 9.17) is 0 Å². The third kappa shape index (κ3) is 7.69. The molecule has 0 aliphatic carbocycles. The molecule has 0 radical (unpaired) electrons. The molecule has 0 aromatic carbocycles. The van der Waals surface area contributed by atoms with E-state index in [-0.39, 0.29) is 22.0 Å². The topological polar surface area (TPSA) is 29.1 Å². The average molecular weight is 259 g/mol. The maximum absolute atomic E-state index is 12.2. The van der Waals surface area contributed by atoms with E-state index < -0.39 is 0 Å². The molecule has 0 aliphatic heterocycles. The van der Waals surface area contributed by atoms with Crippen LogP contribution < -0.4 is 5.32 Å². The van der Waals surface area contributed by atoms with E-state index in [9.17, 15) is 4.79 Å². The van der Waals surface area contributed by atoms with Gasteiger partial charge in [0.25, 0.3) is 0 Å². The van der Waals surface area contributed by atoms with Crippen molar-refractivity contribution in [3.05, 3.63) is 0 Å². The largest absolute Gasteiger partial charge is 0.356 e. The van der Waals surface area contributed by atoms with Crippen LogP contribution in [0.2, 0.25) is 0 Å². The number of nitrogens with one attached hydrogen (secondary N) is 1. The van der Waals surface area contributed by atoms with Crippen LogP contribution in [-0.2, 0) is 4.79 Å². The number of hydrogen-bond donors (Lipinski definition) is 2. The molecule has 1 N–H and O–H groups in total. The zero-order valence-corrected chi connectivity index (χ0v) is 13.2. The van der Waals surface area contributed by atoms with Crippen LogP contribution in [0.4, 0.5) is 0 Å². The first kappa shape index (κ1) is 16.8. The molecule has 0 saturated carbocycles. The molecule has 0 bridgehead atoms. The van der Waals surface area contributed by atoms with Gasteiger partial charge in [0.2, 0.25) is 5.91 Å². The third-order valence-corrected chi connectivity index (χ3v) is 3.08. The van der Waals surface area contributed by atoms with Crippen molar-refractivity contribution in [3.63, 3.8) is 0 Å². The van der Waals surface area contributed by atoms with Gasteiger partial charge in [-0.2, -0.15) is 12.6 Å². The van der Waals surface area contributed by atoms with Crippen LogP contribution in [-0.4, -0.2) is 17.2 Å². The Bertz CT molecular complexity index is 238. The zero-order chi connectivity index (χ0) is 13.7. The standard InChI is InChI=1S/C14H29NOS/c1-7-8-9-15-12(16)11(13(2,3)4)10-14(5,6)17/h11,17H,7-10H2,1-6H3,(H,15,16). The summed E-state index contributed by atoms with van der Waals surface area (Å²) in [5, 5.41) is 3.04. The van der Waals surface area contributed by atoms with Gasteiger partial charge in [0.15, 0.2) is 0 Å². The van der Waals surface area contributed by atoms with Crippen molar-refractivity contribution in [3.8, 4) is 0 Å². The quantitative estimate of drug-likeness (QED) is 0.553. The fraction of sp³-hybridized carbons (Fsp3) is 0.929. The highest BCUT2D eigenvalue weighted by Gasteiger charge is 2.34. The number of hydrogen-bond acceptors (Lipinski definition) is 2. The Hall–Kier alpha value is -0.180. The van der Waals surface area contributed by atoms with Gasteiger partial charge in [-0.1, -0.05) is 48.0 Å². The highest BCUT2D eigenvalue weighted by Crippen LogP contribution is 2.35. The number of carbonyl (C=O) groups excluding carboxylic acids is 1. The summed E-state index contributed by atoms with van der Waals surface area (Å²) < 4.78 is -0.111. The van der Waals surface area contributed by atoms with Crippen LogP contribution in [0.25, 0.3) is 0 Å². The molecule has 0 aromatic heterocycles. The minimum atomic E-state index is -0.111. The normalized spacial score (nSPS) is 14.5. The molecule has 0 aliphatic rings. The first-order chi connectivity index (χ1) is 7.58. The van der Waals surface area contributed by atoms with Crippen molar-refractivity contribution in [1.82, 2.24) is 5.32 Å². The molecule has 1 atom stereocenters. The highest BCUT2D eigenvalue weighted by molar-refractivity contribution is 7.81. The average Bonchev–Trinajstić information content (AvgIpc) is 2.11. The molecular formula is C14H29NOS. The molecule has 0 rings (SSSR count). The summed E-state index contributed by atoms with van der Waals surface area (Å²) in [4.78, 5) is 12.2. The summed E-state index contributed by atoms with van der Waals surface area (Å²) >= 11 is 4.55. The fourth-order valence-corrected chi connectivity index (χ4v) is 1.99. The van der Waals surface area contributed by atoms with Gasteiger partial charge < -0.3 is 5.32 Å². The number of rotatable bonds is 6. The lowest BCUT2D eigenvalue weighted by molar-refractivity contribution is -0.128. The SMILES string of the molecule is CCCCNC(=O)C(CC(C)(C)S)C(C)(C)C. The molecule has 17 heavy (non-hydrogen) atoms. The zero-order valence-electron chi connectivity index (χ0n) is 12.3. The second-order valence-electron chi connectivity index (χ2n) is 6.58. The van der Waals surface area contributed by atoms with Crippen LogP contribution in [0.3, 0.4) is 0 Å². The maximum atomic E-state index is 12.2. The van der Waals surface area contributed by atoms with Gasteiger partial charge in [-0.3, -0.25) is 4.79 Å². The molecule has 102 valence electrons. The molecular weight excluding hydrogens is 230 g/mol. The Balaban J connectivity index is 4.54. The first-order valence-electron chi connectivity index (χ1n) is 6.58. The number of amides is 1. The van der Waals surface area contributed by atoms with Crippen molar-refractivity contribution in [1.29, 1.82) is 0 Å². The van der Waals surface area contributed by atoms with Gasteiger partial charge in [-0.05, 0) is 18.3 Å². The van der Waals surface area contributed by atoms with Crippen molar-refractivity contribution in [2.24, 2.45) is 11.3 Å². The molecule has 1 unspecified atom stereocenters. The number of unbranched alkanes of at least 4 members (excludes halogenated alkanes) is 1. The summed E-state index contributed by atoms with van der Waals surface area (Å²) in [6.07, 6.45) is 2.96. The Morgan fingerprint density at radius 1 is 1.24 bits per heavy atom. The minimum absolute atomic E-state index is 0.0176. The van der Waals surface area contributed by atoms with E-state index in [0.29, 0.717) is 0 Å². The van der Waals surface area contributed by atoms with Crippen LogP contribution in [0, 0.1) is 11.3 Å². The van der Waals surface area contributed by atoms with Crippen molar-refractivity contribution >= 4 is 18.5 Å². The van der Waals surface area contributed by atoms with Crippen LogP contribution >= 0.6 is 12.6 Å². The summed E-state index contributed by atoms with van der Waals surface area (Å²) in [5.74, 6) is 0.194. The molecule has 1 amide bonds. The number of carbonyl (C=O) groups is 1. The van der Waals surface area contributed by atoms with E-state index in [1.54, 1.807) is 0 Å². The van der Waals surface area contributed by atoms with Gasteiger partial charge in [0.05, 0.1) is 0 Å². The minimum Gasteiger partial charge on any atom is -0.356 e. The van der Waals surface area contributed by atoms with Crippen LogP contribution in [0.1, 0.15) is 60.8 Å². The van der Waals surface area contributed by atoms with E-state index in [1.165, 1.54) is 0 Å². The van der Waals surface area contributed by atoms with E-state index in [0.717, 1.165) is 25.8 Å². The molecule has 0 fully saturated rings. The van der Waals surface area contributed by atoms with Gasteiger partial charge in [-0.15, -0.1) is 0 Å². The van der Waals surface area contributed by atoms with E-state index in [2.05, 4.69) is 59.5 Å². The summed E-state index contributed by atoms with van der Waals surface area (Å²) in [7, 11) is 0. The molecule has 0 saturated heterocycles. The fourth-order valence-electron chi connectivity index (χ4n) is 1.80. The Kier molecular flexibility index (Phi) is 6.60. The van der Waals surface area contributed by atoms with Gasteiger partial charge >= 0.3 is 0 Å². The van der Waals surface area contributed by atoms with Crippen LogP contribution in [0.5, 0.6) is 0 Å². The molecule has 2 nitrogen and oxygen atoms in total. The van der Waals surface area contributed by atoms with Crippen LogP contribution in [0.15, 0.2) is 0 Å². The summed E-state index contributed by atoms with van der Waals surface area (Å²) in [6.45, 7) is 13.4. The lowest BCUT2D eigenvalue weighted by atomic mass is 9.75. The van der Waals surface area contributed by atoms with Crippen molar-refractivity contribution in [2.75, 3.05) is 6.54 Å². The van der Waals surface area contributed by atoms with Gasteiger partial charge in [0.1, 0.15) is 0 Å². The van der Waals surface area contributed by atoms with E-state index in [1.807, 2.05) is 0 Å². The third-order valence-electron chi connectivity index (χ3n) is 2.90. The highest BCUT2D eigenvalue weighted by atomic mass is 32.1. The molecule has 3 heteroatoms. The Morgan fingerprint density at radius 3 is 2.12 bits per heavy atom.